The molecule has 4 heterocycles. The maximum atomic E-state index is 13.0. The van der Waals surface area contributed by atoms with Gasteiger partial charge in [0.05, 0.1) is 0 Å². The van der Waals surface area contributed by atoms with Crippen molar-refractivity contribution in [2.45, 2.75) is 25.9 Å². The molecular weight excluding hydrogens is 406 g/mol. The number of ether oxygens (including phenoxy) is 1. The molecule has 8 nitrogen and oxygen atoms in total. The van der Waals surface area contributed by atoms with E-state index < -0.39 is 0 Å². The lowest BCUT2D eigenvalue weighted by Gasteiger charge is -2.17. The van der Waals surface area contributed by atoms with Crippen LogP contribution in [0.5, 0.6) is 5.75 Å². The van der Waals surface area contributed by atoms with E-state index in [2.05, 4.69) is 20.3 Å². The summed E-state index contributed by atoms with van der Waals surface area (Å²) in [6.07, 6.45) is 7.06. The number of nitrogen functional groups attached to an aromatic ring is 1. The van der Waals surface area contributed by atoms with Crippen molar-refractivity contribution >= 4 is 17.4 Å². The molecule has 32 heavy (non-hydrogen) atoms. The number of amides is 1. The smallest absolute Gasteiger partial charge is 0.277 e. The second-order valence-electron chi connectivity index (χ2n) is 8.24. The molecule has 0 spiro atoms. The molecular formula is C24H21N5O3. The molecule has 1 aliphatic heterocycles. The summed E-state index contributed by atoms with van der Waals surface area (Å²) in [5.74, 6) is 1.08. The van der Waals surface area contributed by atoms with Crippen molar-refractivity contribution in [3.8, 4) is 28.3 Å². The zero-order chi connectivity index (χ0) is 22.3. The number of carbonyl (C=O) groups excluding carboxylic acids is 1. The van der Waals surface area contributed by atoms with E-state index in [0.717, 1.165) is 28.9 Å². The minimum atomic E-state index is -0.379. The Morgan fingerprint density at radius 2 is 1.88 bits per heavy atom. The summed E-state index contributed by atoms with van der Waals surface area (Å²) in [6, 6.07) is 11.1. The summed E-state index contributed by atoms with van der Waals surface area (Å²) in [7, 11) is 0. The first-order valence-corrected chi connectivity index (χ1v) is 10.1. The van der Waals surface area contributed by atoms with E-state index in [1.807, 2.05) is 38.1 Å². The first kappa shape index (κ1) is 19.7. The number of nitrogens with one attached hydrogen (secondary N) is 1. The van der Waals surface area contributed by atoms with Gasteiger partial charge < -0.3 is 20.2 Å². The van der Waals surface area contributed by atoms with E-state index in [9.17, 15) is 4.79 Å². The number of fused-ring (bicyclic) bond motifs is 1. The number of hydrogen-bond donors (Lipinski definition) is 2. The fraction of sp³-hybridized carbons (Fsp3) is 0.167. The largest absolute Gasteiger partial charge is 0.487 e. The van der Waals surface area contributed by atoms with Crippen LogP contribution in [0.2, 0.25) is 0 Å². The molecule has 0 radical (unpaired) electrons. The lowest BCUT2D eigenvalue weighted by Crippen LogP contribution is -2.24. The van der Waals surface area contributed by atoms with Crippen molar-refractivity contribution < 1.29 is 13.9 Å². The molecule has 4 aromatic rings. The van der Waals surface area contributed by atoms with Gasteiger partial charge in [0, 0.05) is 47.4 Å². The fourth-order valence-corrected chi connectivity index (χ4v) is 3.80. The zero-order valence-electron chi connectivity index (χ0n) is 17.6. The lowest BCUT2D eigenvalue weighted by atomic mass is 9.97. The van der Waals surface area contributed by atoms with Gasteiger partial charge in [-0.25, -0.2) is 9.97 Å². The number of carbonyl (C=O) groups is 1. The Labute approximate surface area is 184 Å². The number of rotatable bonds is 4. The highest BCUT2D eigenvalue weighted by Crippen LogP contribution is 2.41. The molecule has 3 N–H and O–H groups in total. The third kappa shape index (κ3) is 3.78. The quantitative estimate of drug-likeness (QED) is 0.497. The van der Waals surface area contributed by atoms with Crippen LogP contribution >= 0.6 is 0 Å². The van der Waals surface area contributed by atoms with E-state index in [1.54, 1.807) is 30.7 Å². The van der Waals surface area contributed by atoms with Gasteiger partial charge in [-0.05, 0) is 55.8 Å². The average Bonchev–Trinajstić information content (AvgIpc) is 3.37. The van der Waals surface area contributed by atoms with Crippen molar-refractivity contribution in [1.29, 1.82) is 0 Å². The maximum absolute atomic E-state index is 13.0. The molecule has 1 aromatic carbocycles. The van der Waals surface area contributed by atoms with Gasteiger partial charge in [-0.2, -0.15) is 0 Å². The monoisotopic (exact) mass is 427 g/mol. The Morgan fingerprint density at radius 1 is 1.09 bits per heavy atom. The third-order valence-corrected chi connectivity index (χ3v) is 5.21. The summed E-state index contributed by atoms with van der Waals surface area (Å²) >= 11 is 0. The number of benzene rings is 1. The van der Waals surface area contributed by atoms with Gasteiger partial charge in [-0.3, -0.25) is 9.78 Å². The van der Waals surface area contributed by atoms with Gasteiger partial charge in [-0.1, -0.05) is 0 Å². The zero-order valence-corrected chi connectivity index (χ0v) is 17.6. The molecule has 1 amide bonds. The third-order valence-electron chi connectivity index (χ3n) is 5.21. The van der Waals surface area contributed by atoms with E-state index in [-0.39, 0.29) is 17.2 Å². The standard InChI is InChI=1S/C24H21N5O3/c1-24(2)12-16-9-18(17(11-20(16)32-24)14-3-6-26-7-4-14)28-22(30)19-13-31-23(29-19)15-5-8-27-21(25)10-15/h3-11,13H,12H2,1-2H3,(H2,25,27)(H,28,30). The highest BCUT2D eigenvalue weighted by molar-refractivity contribution is 6.05. The van der Waals surface area contributed by atoms with Crippen molar-refractivity contribution in [1.82, 2.24) is 15.0 Å². The molecule has 0 unspecified atom stereocenters. The van der Waals surface area contributed by atoms with Crippen molar-refractivity contribution in [3.63, 3.8) is 0 Å². The Hall–Kier alpha value is -4.20. The van der Waals surface area contributed by atoms with Gasteiger partial charge >= 0.3 is 0 Å². The van der Waals surface area contributed by atoms with E-state index >= 15 is 0 Å². The molecule has 1 aliphatic rings. The van der Waals surface area contributed by atoms with Gasteiger partial charge in [0.1, 0.15) is 23.4 Å². The molecule has 160 valence electrons. The number of oxazole rings is 1. The van der Waals surface area contributed by atoms with Crippen LogP contribution in [0, 0.1) is 0 Å². The highest BCUT2D eigenvalue weighted by atomic mass is 16.5. The molecule has 0 bridgehead atoms. The van der Waals surface area contributed by atoms with Crippen LogP contribution in [-0.2, 0) is 6.42 Å². The summed E-state index contributed by atoms with van der Waals surface area (Å²) < 4.78 is 11.6. The predicted molar refractivity (Wildman–Crippen MR) is 120 cm³/mol. The van der Waals surface area contributed by atoms with Crippen molar-refractivity contribution in [2.24, 2.45) is 0 Å². The summed E-state index contributed by atoms with van der Waals surface area (Å²) in [5.41, 5.74) is 9.69. The topological polar surface area (TPSA) is 116 Å². The number of nitrogens with zero attached hydrogens (tertiary/aromatic N) is 3. The van der Waals surface area contributed by atoms with Crippen LogP contribution in [0.1, 0.15) is 29.9 Å². The van der Waals surface area contributed by atoms with Crippen LogP contribution in [0.4, 0.5) is 11.5 Å². The van der Waals surface area contributed by atoms with Crippen LogP contribution in [-0.4, -0.2) is 26.5 Å². The Kier molecular flexibility index (Phi) is 4.62. The molecule has 0 fully saturated rings. The second-order valence-corrected chi connectivity index (χ2v) is 8.24. The molecule has 0 saturated carbocycles. The number of aromatic nitrogens is 3. The van der Waals surface area contributed by atoms with Crippen LogP contribution in [0.25, 0.3) is 22.6 Å². The van der Waals surface area contributed by atoms with Gasteiger partial charge in [-0.15, -0.1) is 0 Å². The van der Waals surface area contributed by atoms with Crippen LogP contribution < -0.4 is 15.8 Å². The number of hydrogen-bond acceptors (Lipinski definition) is 7. The van der Waals surface area contributed by atoms with Crippen LogP contribution in [0.3, 0.4) is 0 Å². The number of anilines is 2. The number of nitrogens with two attached hydrogens (primary N) is 1. The Bertz CT molecular complexity index is 1310. The molecule has 0 atom stereocenters. The average molecular weight is 427 g/mol. The Balaban J connectivity index is 1.48. The normalized spacial score (nSPS) is 13.9. The first-order chi connectivity index (χ1) is 15.4. The SMILES string of the molecule is CC1(C)Cc2cc(NC(=O)c3coc(-c4ccnc(N)c4)n3)c(-c3ccncc3)cc2O1. The van der Waals surface area contributed by atoms with E-state index in [4.69, 9.17) is 14.9 Å². The molecule has 5 rings (SSSR count). The molecule has 3 aromatic heterocycles. The first-order valence-electron chi connectivity index (χ1n) is 10.1. The number of pyridine rings is 2. The summed E-state index contributed by atoms with van der Waals surface area (Å²) in [4.78, 5) is 25.4. The minimum Gasteiger partial charge on any atom is -0.487 e. The van der Waals surface area contributed by atoms with Gasteiger partial charge in [0.2, 0.25) is 5.89 Å². The minimum absolute atomic E-state index is 0.160. The second kappa shape index (κ2) is 7.49. The highest BCUT2D eigenvalue weighted by Gasteiger charge is 2.31. The van der Waals surface area contributed by atoms with E-state index in [1.165, 1.54) is 6.26 Å². The van der Waals surface area contributed by atoms with Crippen molar-refractivity contribution in [2.75, 3.05) is 11.1 Å². The summed E-state index contributed by atoms with van der Waals surface area (Å²) in [6.45, 7) is 4.08. The lowest BCUT2D eigenvalue weighted by molar-refractivity contribution is 0.102. The predicted octanol–water partition coefficient (Wildman–Crippen LogP) is 4.35. The van der Waals surface area contributed by atoms with Gasteiger partial charge in [0.25, 0.3) is 5.91 Å². The molecule has 8 heteroatoms. The van der Waals surface area contributed by atoms with Gasteiger partial charge in [0.15, 0.2) is 5.69 Å². The van der Waals surface area contributed by atoms with Crippen LogP contribution in [0.15, 0.2) is 65.7 Å². The fourth-order valence-electron chi connectivity index (χ4n) is 3.80. The maximum Gasteiger partial charge on any atom is 0.277 e. The van der Waals surface area contributed by atoms with E-state index in [0.29, 0.717) is 23.0 Å². The Morgan fingerprint density at radius 3 is 2.66 bits per heavy atom. The molecule has 0 saturated heterocycles. The summed E-state index contributed by atoms with van der Waals surface area (Å²) in [5, 5.41) is 2.98. The van der Waals surface area contributed by atoms with Crippen molar-refractivity contribution in [3.05, 3.63) is 72.5 Å². The molecule has 0 aliphatic carbocycles.